The van der Waals surface area contributed by atoms with Gasteiger partial charge in [0.05, 0.1) is 6.61 Å². The van der Waals surface area contributed by atoms with Crippen molar-refractivity contribution in [1.82, 2.24) is 10.2 Å². The molecule has 1 aromatic carbocycles. The molecule has 0 aliphatic carbocycles. The zero-order valence-electron chi connectivity index (χ0n) is 14.8. The van der Waals surface area contributed by atoms with Crippen LogP contribution < -0.4 is 10.1 Å². The monoisotopic (exact) mass is 362 g/mol. The number of nitrogens with zero attached hydrogens (tertiary/aromatic N) is 1. The molecule has 0 bridgehead atoms. The van der Waals surface area contributed by atoms with Crippen molar-refractivity contribution in [2.24, 2.45) is 5.92 Å². The van der Waals surface area contributed by atoms with Crippen molar-refractivity contribution in [3.8, 4) is 5.75 Å². The molecule has 0 radical (unpaired) electrons. The van der Waals surface area contributed by atoms with Crippen molar-refractivity contribution in [2.75, 3.05) is 33.3 Å². The number of aryl methyl sites for hydroxylation is 1. The van der Waals surface area contributed by atoms with Crippen molar-refractivity contribution < 1.29 is 4.74 Å². The molecule has 0 amide bonds. The van der Waals surface area contributed by atoms with Gasteiger partial charge in [-0.15, -0.1) is 24.8 Å². The Morgan fingerprint density at radius 2 is 2.04 bits per heavy atom. The number of rotatable bonds is 6. The number of likely N-dealkylation sites (N-methyl/N-ethyl adjacent to an activating group) is 1. The van der Waals surface area contributed by atoms with E-state index < -0.39 is 0 Å². The molecule has 1 fully saturated rings. The van der Waals surface area contributed by atoms with E-state index in [4.69, 9.17) is 4.74 Å². The molecule has 1 saturated heterocycles. The zero-order valence-corrected chi connectivity index (χ0v) is 16.4. The summed E-state index contributed by atoms with van der Waals surface area (Å²) in [6.07, 6.45) is 2.15. The van der Waals surface area contributed by atoms with Crippen LogP contribution in [-0.4, -0.2) is 44.2 Å². The van der Waals surface area contributed by atoms with Crippen molar-refractivity contribution in [1.29, 1.82) is 0 Å². The third-order valence-corrected chi connectivity index (χ3v) is 4.03. The minimum Gasteiger partial charge on any atom is -0.493 e. The van der Waals surface area contributed by atoms with Gasteiger partial charge in [-0.05, 0) is 44.4 Å². The highest BCUT2D eigenvalue weighted by molar-refractivity contribution is 5.85. The second-order valence-corrected chi connectivity index (χ2v) is 6.76. The summed E-state index contributed by atoms with van der Waals surface area (Å²) >= 11 is 0. The van der Waals surface area contributed by atoms with Gasteiger partial charge in [-0.25, -0.2) is 0 Å². The zero-order chi connectivity index (χ0) is 15.2. The molecule has 3 nitrogen and oxygen atoms in total. The Kier molecular flexibility index (Phi) is 10.9. The Balaban J connectivity index is 0.00000242. The van der Waals surface area contributed by atoms with Gasteiger partial charge in [-0.1, -0.05) is 31.5 Å². The molecular weight excluding hydrogens is 331 g/mol. The average Bonchev–Trinajstić information content (AvgIpc) is 2.41. The highest BCUT2D eigenvalue weighted by Gasteiger charge is 2.16. The topological polar surface area (TPSA) is 24.5 Å². The fraction of sp³-hybridized carbons (Fsp3) is 0.667. The van der Waals surface area contributed by atoms with E-state index in [1.165, 1.54) is 11.1 Å². The molecule has 0 aromatic heterocycles. The van der Waals surface area contributed by atoms with Crippen LogP contribution in [0.1, 0.15) is 31.4 Å². The SMILES string of the molecule is Cc1ccc(OCCC2CN(C)CCN2)c(CC(C)C)c1.Cl.Cl. The number of halogens is 2. The molecule has 1 heterocycles. The highest BCUT2D eigenvalue weighted by atomic mass is 35.5. The van der Waals surface area contributed by atoms with E-state index in [9.17, 15) is 0 Å². The van der Waals surface area contributed by atoms with Crippen LogP contribution in [0.2, 0.25) is 0 Å². The summed E-state index contributed by atoms with van der Waals surface area (Å²) in [7, 11) is 2.19. The largest absolute Gasteiger partial charge is 0.493 e. The van der Waals surface area contributed by atoms with Crippen LogP contribution in [0.15, 0.2) is 18.2 Å². The molecule has 23 heavy (non-hydrogen) atoms. The van der Waals surface area contributed by atoms with E-state index in [1.807, 2.05) is 0 Å². The van der Waals surface area contributed by atoms with Gasteiger partial charge >= 0.3 is 0 Å². The van der Waals surface area contributed by atoms with Gasteiger partial charge in [0.1, 0.15) is 5.75 Å². The summed E-state index contributed by atoms with van der Waals surface area (Å²) in [5.74, 6) is 1.72. The number of benzene rings is 1. The fourth-order valence-electron chi connectivity index (χ4n) is 2.94. The van der Waals surface area contributed by atoms with Crippen LogP contribution in [0.25, 0.3) is 0 Å². The minimum absolute atomic E-state index is 0. The molecule has 2 rings (SSSR count). The Hall–Kier alpha value is -0.480. The maximum absolute atomic E-state index is 6.07. The Morgan fingerprint density at radius 3 is 2.70 bits per heavy atom. The smallest absolute Gasteiger partial charge is 0.122 e. The minimum atomic E-state index is 0. The second-order valence-electron chi connectivity index (χ2n) is 6.76. The quantitative estimate of drug-likeness (QED) is 0.834. The summed E-state index contributed by atoms with van der Waals surface area (Å²) in [6.45, 7) is 10.8. The van der Waals surface area contributed by atoms with E-state index >= 15 is 0 Å². The summed E-state index contributed by atoms with van der Waals surface area (Å²) < 4.78 is 6.07. The van der Waals surface area contributed by atoms with Gasteiger partial charge in [0.2, 0.25) is 0 Å². The van der Waals surface area contributed by atoms with Crippen molar-refractivity contribution in [2.45, 2.75) is 39.7 Å². The standard InChI is InChI=1S/C18H30N2O.2ClH/c1-14(2)11-16-12-15(3)5-6-18(16)21-10-7-17-13-20(4)9-8-19-17;;/h5-6,12,14,17,19H,7-11,13H2,1-4H3;2*1H. The summed E-state index contributed by atoms with van der Waals surface area (Å²) in [6, 6.07) is 7.10. The second kappa shape index (κ2) is 11.1. The summed E-state index contributed by atoms with van der Waals surface area (Å²) in [5.41, 5.74) is 2.66. The molecule has 1 atom stereocenters. The van der Waals surface area contributed by atoms with E-state index in [-0.39, 0.29) is 24.8 Å². The van der Waals surface area contributed by atoms with E-state index in [1.54, 1.807) is 0 Å². The number of piperazine rings is 1. The number of ether oxygens (including phenoxy) is 1. The van der Waals surface area contributed by atoms with E-state index in [2.05, 4.69) is 56.2 Å². The first-order valence-electron chi connectivity index (χ1n) is 8.19. The van der Waals surface area contributed by atoms with Crippen molar-refractivity contribution >= 4 is 24.8 Å². The summed E-state index contributed by atoms with van der Waals surface area (Å²) in [4.78, 5) is 2.39. The molecule has 1 aliphatic rings. The molecule has 1 aromatic rings. The first-order chi connectivity index (χ1) is 10.0. The molecule has 5 heteroatoms. The maximum Gasteiger partial charge on any atom is 0.122 e. The lowest BCUT2D eigenvalue weighted by molar-refractivity contribution is 0.205. The van der Waals surface area contributed by atoms with Gasteiger partial charge in [0.25, 0.3) is 0 Å². The number of hydrogen-bond acceptors (Lipinski definition) is 3. The molecule has 0 saturated carbocycles. The van der Waals surface area contributed by atoms with E-state index in [0.29, 0.717) is 12.0 Å². The van der Waals surface area contributed by atoms with Crippen LogP contribution >= 0.6 is 24.8 Å². The van der Waals surface area contributed by atoms with Crippen LogP contribution in [0, 0.1) is 12.8 Å². The molecule has 1 aliphatic heterocycles. The van der Waals surface area contributed by atoms with Crippen molar-refractivity contribution in [3.05, 3.63) is 29.3 Å². The van der Waals surface area contributed by atoms with Gasteiger partial charge in [0, 0.05) is 25.7 Å². The fourth-order valence-corrected chi connectivity index (χ4v) is 2.94. The Labute approximate surface area is 154 Å². The number of nitrogens with one attached hydrogen (secondary N) is 1. The highest BCUT2D eigenvalue weighted by Crippen LogP contribution is 2.23. The van der Waals surface area contributed by atoms with E-state index in [0.717, 1.165) is 44.8 Å². The van der Waals surface area contributed by atoms with Gasteiger partial charge in [-0.3, -0.25) is 0 Å². The average molecular weight is 363 g/mol. The predicted molar refractivity (Wildman–Crippen MR) is 104 cm³/mol. The molecule has 0 spiro atoms. The van der Waals surface area contributed by atoms with Gasteiger partial charge in [0.15, 0.2) is 0 Å². The first kappa shape index (κ1) is 22.5. The third-order valence-electron chi connectivity index (χ3n) is 4.03. The van der Waals surface area contributed by atoms with Crippen LogP contribution in [0.3, 0.4) is 0 Å². The normalized spacial score (nSPS) is 18.2. The third kappa shape index (κ3) is 7.75. The molecule has 1 N–H and O–H groups in total. The Bertz CT molecular complexity index is 455. The van der Waals surface area contributed by atoms with Crippen LogP contribution in [0.4, 0.5) is 0 Å². The van der Waals surface area contributed by atoms with Crippen LogP contribution in [-0.2, 0) is 6.42 Å². The van der Waals surface area contributed by atoms with Crippen molar-refractivity contribution in [3.63, 3.8) is 0 Å². The Morgan fingerprint density at radius 1 is 1.30 bits per heavy atom. The lowest BCUT2D eigenvalue weighted by Gasteiger charge is -2.30. The van der Waals surface area contributed by atoms with Gasteiger partial charge < -0.3 is 15.0 Å². The molecule has 1 unspecified atom stereocenters. The van der Waals surface area contributed by atoms with Gasteiger partial charge in [-0.2, -0.15) is 0 Å². The number of hydrogen-bond donors (Lipinski definition) is 1. The predicted octanol–water partition coefficient (Wildman–Crippen LogP) is 3.71. The lowest BCUT2D eigenvalue weighted by Crippen LogP contribution is -2.49. The maximum atomic E-state index is 6.07. The molecule has 134 valence electrons. The van der Waals surface area contributed by atoms with Crippen LogP contribution in [0.5, 0.6) is 5.75 Å². The molecular formula is C18H32Cl2N2O. The lowest BCUT2D eigenvalue weighted by atomic mass is 10.0. The summed E-state index contributed by atoms with van der Waals surface area (Å²) in [5, 5.41) is 3.57. The first-order valence-corrected chi connectivity index (χ1v) is 8.19.